The number of hydrogen-bond acceptors (Lipinski definition) is 14. The molecule has 0 saturated heterocycles. The van der Waals surface area contributed by atoms with E-state index < -0.39 is 12.2 Å². The molecule has 0 fully saturated rings. The van der Waals surface area contributed by atoms with E-state index in [-0.39, 0.29) is 30.2 Å². The Morgan fingerprint density at radius 1 is 0.520 bits per heavy atom. The summed E-state index contributed by atoms with van der Waals surface area (Å²) in [6, 6.07) is -0.291. The number of carbonyl (C=O) groups is 4. The monoisotopic (exact) mass is 1060 g/mol. The zero-order chi connectivity index (χ0) is 55.7. The number of aromatic nitrogens is 6. The predicted octanol–water partition coefficient (Wildman–Crippen LogP) is 9.83. The molecule has 3 unspecified atom stereocenters. The van der Waals surface area contributed by atoms with Gasteiger partial charge in [0.2, 0.25) is 0 Å². The van der Waals surface area contributed by atoms with Gasteiger partial charge in [-0.1, -0.05) is 93.9 Å². The van der Waals surface area contributed by atoms with Crippen LogP contribution >= 0.6 is 0 Å². The molecule has 0 aliphatic heterocycles. The largest absolute Gasteiger partial charge is 0.462 e. The summed E-state index contributed by atoms with van der Waals surface area (Å²) in [6.07, 6.45) is 32.2. The summed E-state index contributed by atoms with van der Waals surface area (Å²) >= 11 is 0. The molecule has 3 atom stereocenters. The van der Waals surface area contributed by atoms with Crippen molar-refractivity contribution in [2.45, 2.75) is 203 Å². The van der Waals surface area contributed by atoms with Gasteiger partial charge in [0, 0.05) is 70.0 Å². The number of nitrogens with one attached hydrogen (secondary N) is 2. The fourth-order valence-corrected chi connectivity index (χ4v) is 7.68. The average Bonchev–Trinajstić information content (AvgIpc) is 4.26. The quantitative estimate of drug-likeness (QED) is 0.0312. The van der Waals surface area contributed by atoms with E-state index in [0.717, 1.165) is 52.0 Å². The van der Waals surface area contributed by atoms with Crippen LogP contribution in [0, 0.1) is 0 Å². The summed E-state index contributed by atoms with van der Waals surface area (Å²) in [6.45, 7) is 31.0. The Morgan fingerprint density at radius 2 is 0.867 bits per heavy atom. The molecule has 19 nitrogen and oxygen atoms in total. The number of aliphatic hydroxyl groups is 1. The van der Waals surface area contributed by atoms with E-state index in [1.54, 1.807) is 37.2 Å². The molecule has 0 aliphatic rings. The molecule has 3 aromatic rings. The summed E-state index contributed by atoms with van der Waals surface area (Å²) in [5.41, 5.74) is 5.51. The van der Waals surface area contributed by atoms with Gasteiger partial charge in [-0.25, -0.2) is 29.3 Å². The predicted molar refractivity (Wildman–Crippen MR) is 303 cm³/mol. The fourth-order valence-electron chi connectivity index (χ4n) is 7.68. The third kappa shape index (κ3) is 38.5. The van der Waals surface area contributed by atoms with Gasteiger partial charge in [-0.15, -0.1) is 0 Å². The SMILES string of the molecule is CCCCN(CCCC)CCCN.CCCCN(CCCC)CCCNC(=O)OC(CC)CC(O)CC(CC)OC(C)=O.CCCCN(CCCC)CCCNC(=O)n1ccnc1.O=C(n1ccnc1)n1ccnc1. The molecule has 0 bridgehead atoms. The number of imidazole rings is 3. The molecule has 19 heteroatoms. The molecule has 0 aliphatic carbocycles. The maximum atomic E-state index is 12.1. The second-order valence-corrected chi connectivity index (χ2v) is 19.0. The van der Waals surface area contributed by atoms with E-state index in [4.69, 9.17) is 15.2 Å². The first-order valence-electron chi connectivity index (χ1n) is 28.8. The van der Waals surface area contributed by atoms with Crippen LogP contribution in [0.2, 0.25) is 0 Å². The Hall–Kier alpha value is -4.69. The summed E-state index contributed by atoms with van der Waals surface area (Å²) < 4.78 is 14.9. The first-order chi connectivity index (χ1) is 36.4. The number of esters is 1. The van der Waals surface area contributed by atoms with Gasteiger partial charge in [-0.2, -0.15) is 0 Å². The van der Waals surface area contributed by atoms with Gasteiger partial charge < -0.3 is 45.6 Å². The van der Waals surface area contributed by atoms with Gasteiger partial charge >= 0.3 is 24.1 Å². The molecule has 2 amide bonds. The Balaban J connectivity index is 0.00000104. The normalized spacial score (nSPS) is 12.1. The van der Waals surface area contributed by atoms with Gasteiger partial charge in [-0.05, 0) is 136 Å². The summed E-state index contributed by atoms with van der Waals surface area (Å²) in [4.78, 5) is 65.2. The third-order valence-electron chi connectivity index (χ3n) is 12.3. The molecule has 5 N–H and O–H groups in total. The van der Waals surface area contributed by atoms with Gasteiger partial charge in [0.15, 0.2) is 0 Å². The van der Waals surface area contributed by atoms with Crippen molar-refractivity contribution in [1.29, 1.82) is 0 Å². The van der Waals surface area contributed by atoms with E-state index in [2.05, 4.69) is 81.8 Å². The lowest BCUT2D eigenvalue weighted by molar-refractivity contribution is -0.148. The minimum absolute atomic E-state index is 0.101. The zero-order valence-electron chi connectivity index (χ0n) is 48.3. The Kier molecular flexibility index (Phi) is 45.9. The molecule has 0 spiro atoms. The molecular weight excluding hydrogens is 953 g/mol. The second-order valence-electron chi connectivity index (χ2n) is 19.0. The molecule has 3 rings (SSSR count). The maximum absolute atomic E-state index is 12.1. The number of hydrogen-bond donors (Lipinski definition) is 4. The van der Waals surface area contributed by atoms with E-state index in [9.17, 15) is 24.3 Å². The van der Waals surface area contributed by atoms with E-state index in [0.29, 0.717) is 38.8 Å². The van der Waals surface area contributed by atoms with Gasteiger partial charge in [0.05, 0.1) is 6.10 Å². The van der Waals surface area contributed by atoms with Crippen molar-refractivity contribution in [3.63, 3.8) is 0 Å². The van der Waals surface area contributed by atoms with Crippen molar-refractivity contribution < 1.29 is 33.8 Å². The molecule has 3 aromatic heterocycles. The number of unbranched alkanes of at least 4 members (excludes halogenated alkanes) is 6. The lowest BCUT2D eigenvalue weighted by atomic mass is 10.0. The Morgan fingerprint density at radius 3 is 1.20 bits per heavy atom. The van der Waals surface area contributed by atoms with Crippen molar-refractivity contribution >= 4 is 24.1 Å². The van der Waals surface area contributed by atoms with E-state index in [1.807, 2.05) is 13.8 Å². The highest BCUT2D eigenvalue weighted by atomic mass is 16.6. The smallest absolute Gasteiger partial charge is 0.407 e. The Labute approximate surface area is 453 Å². The van der Waals surface area contributed by atoms with Crippen molar-refractivity contribution in [2.24, 2.45) is 5.73 Å². The summed E-state index contributed by atoms with van der Waals surface area (Å²) in [5.74, 6) is -0.348. The molecular formula is C56H106N12O7. The highest BCUT2D eigenvalue weighted by molar-refractivity contribution is 5.78. The van der Waals surface area contributed by atoms with Crippen LogP contribution < -0.4 is 16.4 Å². The van der Waals surface area contributed by atoms with Crippen LogP contribution in [0.25, 0.3) is 0 Å². The van der Waals surface area contributed by atoms with Gasteiger partial charge in [0.1, 0.15) is 31.2 Å². The molecule has 0 radical (unpaired) electrons. The van der Waals surface area contributed by atoms with E-state index >= 15 is 0 Å². The van der Waals surface area contributed by atoms with Gasteiger partial charge in [-0.3, -0.25) is 18.5 Å². The number of rotatable bonds is 37. The number of alkyl carbamates (subject to hydrolysis) is 1. The molecule has 0 saturated carbocycles. The van der Waals surface area contributed by atoms with Crippen LogP contribution in [0.3, 0.4) is 0 Å². The Bertz CT molecular complexity index is 1660. The minimum Gasteiger partial charge on any atom is -0.462 e. The number of amides is 2. The van der Waals surface area contributed by atoms with Crippen molar-refractivity contribution in [1.82, 2.24) is 54.0 Å². The van der Waals surface area contributed by atoms with Crippen molar-refractivity contribution in [3.8, 4) is 0 Å². The van der Waals surface area contributed by atoms with E-state index in [1.165, 1.54) is 149 Å². The number of carbonyl (C=O) groups excluding carboxylic acids is 4. The number of nitrogens with zero attached hydrogens (tertiary/aromatic N) is 9. The average molecular weight is 1060 g/mol. The standard InChI is InChI=1S/C23H46N2O5.C15H28N4O.C11H26N2.C7H6N4O/c1-6-10-14-25(15-11-7-2)16-12-13-24-23(28)30-22(9-4)18-20(27)17-21(8-3)29-19(5)26;1-3-5-10-18(11-6-4-2)12-7-8-17-15(20)19-13-9-16-14-19;1-3-5-9-13(10-6-4-2)11-7-8-12;12-7(10-3-1-8-5-10)11-4-2-9-6-11/h20-22,27H,6-18H2,1-5H3,(H,24,28);9,13-14H,3-8,10-12H2,1-2H3,(H,17,20);3-12H2,1-2H3;1-6H. The lowest BCUT2D eigenvalue weighted by Crippen LogP contribution is -2.34. The number of ether oxygens (including phenoxy) is 2. The topological polar surface area (TPSA) is 220 Å². The first kappa shape index (κ1) is 70.3. The first-order valence-corrected chi connectivity index (χ1v) is 28.8. The van der Waals surface area contributed by atoms with Crippen LogP contribution in [0.1, 0.15) is 184 Å². The summed E-state index contributed by atoms with van der Waals surface area (Å²) in [5, 5.41) is 16.0. The minimum atomic E-state index is -0.683. The van der Waals surface area contributed by atoms with Crippen molar-refractivity contribution in [2.75, 3.05) is 78.5 Å². The van der Waals surface area contributed by atoms with Crippen LogP contribution in [0.4, 0.5) is 14.4 Å². The number of aliphatic hydroxyl groups excluding tert-OH is 1. The molecule has 432 valence electrons. The number of nitrogens with two attached hydrogens (primary N) is 1. The molecule has 75 heavy (non-hydrogen) atoms. The maximum Gasteiger partial charge on any atom is 0.407 e. The van der Waals surface area contributed by atoms with Crippen molar-refractivity contribution in [3.05, 3.63) is 56.2 Å². The highest BCUT2D eigenvalue weighted by Gasteiger charge is 2.21. The fraction of sp³-hybridized carbons (Fsp3) is 0.768. The highest BCUT2D eigenvalue weighted by Crippen LogP contribution is 2.15. The lowest BCUT2D eigenvalue weighted by Gasteiger charge is -2.23. The van der Waals surface area contributed by atoms with Crippen LogP contribution in [-0.4, -0.2) is 169 Å². The summed E-state index contributed by atoms with van der Waals surface area (Å²) in [7, 11) is 0. The second kappa shape index (κ2) is 48.9. The zero-order valence-corrected chi connectivity index (χ0v) is 48.3. The van der Waals surface area contributed by atoms with Crippen LogP contribution in [-0.2, 0) is 14.3 Å². The van der Waals surface area contributed by atoms with Crippen LogP contribution in [0.5, 0.6) is 0 Å². The van der Waals surface area contributed by atoms with Crippen LogP contribution in [0.15, 0.2) is 56.2 Å². The molecule has 3 heterocycles. The molecule has 0 aromatic carbocycles. The van der Waals surface area contributed by atoms with Gasteiger partial charge in [0.25, 0.3) is 0 Å². The third-order valence-corrected chi connectivity index (χ3v) is 12.3.